The monoisotopic (exact) mass is 250 g/mol. The molecule has 0 bridgehead atoms. The second-order valence-electron chi connectivity index (χ2n) is 5.41. The van der Waals surface area contributed by atoms with Crippen LogP contribution in [0.1, 0.15) is 29.7 Å². The van der Waals surface area contributed by atoms with Crippen LogP contribution in [0.15, 0.2) is 18.2 Å². The number of hydrogen-bond donors (Lipinski definition) is 2. The predicted octanol–water partition coefficient (Wildman–Crippen LogP) is 1.88. The first-order valence-corrected chi connectivity index (χ1v) is 6.53. The lowest BCUT2D eigenvalue weighted by atomic mass is 10.0. The van der Waals surface area contributed by atoms with Crippen molar-refractivity contribution in [2.45, 2.75) is 32.9 Å². The van der Waals surface area contributed by atoms with Gasteiger partial charge in [0, 0.05) is 19.1 Å². The highest BCUT2D eigenvalue weighted by molar-refractivity contribution is 5.32. The van der Waals surface area contributed by atoms with Gasteiger partial charge in [0.15, 0.2) is 0 Å². The highest BCUT2D eigenvalue weighted by Gasteiger charge is 2.11. The Hall–Kier alpha value is -0.900. The molecule has 1 rings (SSSR count). The van der Waals surface area contributed by atoms with Crippen LogP contribution in [0.3, 0.4) is 0 Å². The first kappa shape index (κ1) is 15.2. The Morgan fingerprint density at radius 1 is 1.28 bits per heavy atom. The third kappa shape index (κ3) is 4.77. The zero-order valence-corrected chi connectivity index (χ0v) is 12.2. The molecule has 0 radical (unpaired) electrons. The van der Waals surface area contributed by atoms with Crippen molar-refractivity contribution in [3.05, 3.63) is 34.9 Å². The Morgan fingerprint density at radius 3 is 2.50 bits per heavy atom. The molecule has 0 saturated carbocycles. The van der Waals surface area contributed by atoms with Gasteiger partial charge >= 0.3 is 0 Å². The van der Waals surface area contributed by atoms with Crippen molar-refractivity contribution in [2.24, 2.45) is 0 Å². The van der Waals surface area contributed by atoms with Crippen LogP contribution in [-0.2, 0) is 0 Å². The molecule has 0 aromatic heterocycles. The molecule has 102 valence electrons. The van der Waals surface area contributed by atoms with Crippen molar-refractivity contribution < 1.29 is 5.11 Å². The van der Waals surface area contributed by atoms with E-state index in [1.54, 1.807) is 0 Å². The quantitative estimate of drug-likeness (QED) is 0.809. The maximum atomic E-state index is 9.82. The number of aliphatic hydroxyl groups is 1. The summed E-state index contributed by atoms with van der Waals surface area (Å²) in [5, 5.41) is 13.2. The molecule has 0 saturated heterocycles. The number of benzene rings is 1. The molecule has 0 aliphatic carbocycles. The fraction of sp³-hybridized carbons (Fsp3) is 0.600. The summed E-state index contributed by atoms with van der Waals surface area (Å²) < 4.78 is 0. The van der Waals surface area contributed by atoms with E-state index in [4.69, 9.17) is 0 Å². The molecule has 1 aromatic rings. The molecule has 0 aliphatic rings. The van der Waals surface area contributed by atoms with Crippen LogP contribution in [0.5, 0.6) is 0 Å². The van der Waals surface area contributed by atoms with Crippen LogP contribution >= 0.6 is 0 Å². The minimum Gasteiger partial charge on any atom is -0.390 e. The van der Waals surface area contributed by atoms with Gasteiger partial charge in [-0.3, -0.25) is 0 Å². The fourth-order valence-electron chi connectivity index (χ4n) is 2.22. The van der Waals surface area contributed by atoms with E-state index in [9.17, 15) is 5.11 Å². The summed E-state index contributed by atoms with van der Waals surface area (Å²) >= 11 is 0. The number of likely N-dealkylation sites (N-methyl/N-ethyl adjacent to an activating group) is 1. The van der Waals surface area contributed by atoms with Gasteiger partial charge in [0.05, 0.1) is 6.10 Å². The highest BCUT2D eigenvalue weighted by atomic mass is 16.3. The smallest absolute Gasteiger partial charge is 0.0791 e. The molecular formula is C15H26N2O. The van der Waals surface area contributed by atoms with Crippen molar-refractivity contribution in [3.63, 3.8) is 0 Å². The molecule has 3 nitrogen and oxygen atoms in total. The van der Waals surface area contributed by atoms with Gasteiger partial charge < -0.3 is 15.3 Å². The van der Waals surface area contributed by atoms with Gasteiger partial charge in [0.2, 0.25) is 0 Å². The summed E-state index contributed by atoms with van der Waals surface area (Å²) in [6.45, 7) is 7.69. The maximum absolute atomic E-state index is 9.82. The number of nitrogens with zero attached hydrogens (tertiary/aromatic N) is 1. The molecule has 1 aromatic carbocycles. The zero-order chi connectivity index (χ0) is 13.7. The normalized spacial score (nSPS) is 14.8. The molecule has 0 spiro atoms. The predicted molar refractivity (Wildman–Crippen MR) is 76.9 cm³/mol. The second-order valence-corrected chi connectivity index (χ2v) is 5.41. The van der Waals surface area contributed by atoms with Gasteiger partial charge in [-0.25, -0.2) is 0 Å². The van der Waals surface area contributed by atoms with Crippen molar-refractivity contribution in [1.29, 1.82) is 0 Å². The van der Waals surface area contributed by atoms with E-state index in [0.29, 0.717) is 13.1 Å². The second kappa shape index (κ2) is 6.88. The lowest BCUT2D eigenvalue weighted by Crippen LogP contribution is -2.36. The van der Waals surface area contributed by atoms with Gasteiger partial charge in [0.1, 0.15) is 0 Å². The van der Waals surface area contributed by atoms with Crippen molar-refractivity contribution in [1.82, 2.24) is 10.2 Å². The SMILES string of the molecule is Cc1ccc(C(C)NCC(O)CN(C)C)c(C)c1. The molecule has 0 heterocycles. The summed E-state index contributed by atoms with van der Waals surface area (Å²) in [6, 6.07) is 6.77. The third-order valence-electron chi connectivity index (χ3n) is 3.13. The van der Waals surface area contributed by atoms with Crippen LogP contribution in [-0.4, -0.2) is 43.3 Å². The molecule has 2 atom stereocenters. The largest absolute Gasteiger partial charge is 0.390 e. The van der Waals surface area contributed by atoms with E-state index < -0.39 is 0 Å². The molecule has 0 fully saturated rings. The summed E-state index contributed by atoms with van der Waals surface area (Å²) in [5.74, 6) is 0. The van der Waals surface area contributed by atoms with E-state index in [2.05, 4.69) is 44.3 Å². The Kier molecular flexibility index (Phi) is 5.79. The van der Waals surface area contributed by atoms with Gasteiger partial charge in [-0.1, -0.05) is 23.8 Å². The van der Waals surface area contributed by atoms with Crippen LogP contribution in [0.4, 0.5) is 0 Å². The lowest BCUT2D eigenvalue weighted by molar-refractivity contribution is 0.132. The van der Waals surface area contributed by atoms with Gasteiger partial charge in [-0.2, -0.15) is 0 Å². The van der Waals surface area contributed by atoms with E-state index in [0.717, 1.165) is 0 Å². The molecule has 0 aliphatic heterocycles. The van der Waals surface area contributed by atoms with Crippen LogP contribution in [0, 0.1) is 13.8 Å². The molecule has 18 heavy (non-hydrogen) atoms. The number of hydrogen-bond acceptors (Lipinski definition) is 3. The average Bonchev–Trinajstić information content (AvgIpc) is 2.25. The number of rotatable bonds is 6. The molecule has 0 amide bonds. The van der Waals surface area contributed by atoms with Crippen molar-refractivity contribution in [2.75, 3.05) is 27.2 Å². The van der Waals surface area contributed by atoms with Crippen molar-refractivity contribution >= 4 is 0 Å². The molecule has 2 unspecified atom stereocenters. The zero-order valence-electron chi connectivity index (χ0n) is 12.2. The van der Waals surface area contributed by atoms with E-state index in [-0.39, 0.29) is 12.1 Å². The lowest BCUT2D eigenvalue weighted by Gasteiger charge is -2.21. The summed E-state index contributed by atoms with van der Waals surface area (Å²) in [7, 11) is 3.94. The third-order valence-corrected chi connectivity index (χ3v) is 3.13. The standard InChI is InChI=1S/C15H26N2O/c1-11-6-7-15(12(2)8-11)13(3)16-9-14(18)10-17(4)5/h6-8,13-14,16,18H,9-10H2,1-5H3. The number of aryl methyl sites for hydroxylation is 2. The molecule has 3 heteroatoms. The van der Waals surface area contributed by atoms with Gasteiger partial charge in [-0.05, 0) is 46.0 Å². The molecule has 2 N–H and O–H groups in total. The molecular weight excluding hydrogens is 224 g/mol. The van der Waals surface area contributed by atoms with E-state index in [1.807, 2.05) is 19.0 Å². The number of nitrogens with one attached hydrogen (secondary N) is 1. The van der Waals surface area contributed by atoms with Crippen LogP contribution in [0.25, 0.3) is 0 Å². The van der Waals surface area contributed by atoms with Crippen LogP contribution in [0.2, 0.25) is 0 Å². The minimum absolute atomic E-state index is 0.266. The number of aliphatic hydroxyl groups excluding tert-OH is 1. The summed E-state index contributed by atoms with van der Waals surface area (Å²) in [6.07, 6.45) is -0.326. The fourth-order valence-corrected chi connectivity index (χ4v) is 2.22. The Morgan fingerprint density at radius 2 is 1.94 bits per heavy atom. The van der Waals surface area contributed by atoms with Crippen molar-refractivity contribution in [3.8, 4) is 0 Å². The van der Waals surface area contributed by atoms with E-state index in [1.165, 1.54) is 16.7 Å². The summed E-state index contributed by atoms with van der Waals surface area (Å²) in [4.78, 5) is 1.99. The Bertz CT molecular complexity index is 377. The topological polar surface area (TPSA) is 35.5 Å². The highest BCUT2D eigenvalue weighted by Crippen LogP contribution is 2.18. The Balaban J connectivity index is 2.52. The maximum Gasteiger partial charge on any atom is 0.0791 e. The first-order chi connectivity index (χ1) is 8.40. The minimum atomic E-state index is -0.326. The Labute approximate surface area is 111 Å². The van der Waals surface area contributed by atoms with Gasteiger partial charge in [0.25, 0.3) is 0 Å². The summed E-state index contributed by atoms with van der Waals surface area (Å²) in [5.41, 5.74) is 3.89. The van der Waals surface area contributed by atoms with E-state index >= 15 is 0 Å². The van der Waals surface area contributed by atoms with Crippen LogP contribution < -0.4 is 5.32 Å². The first-order valence-electron chi connectivity index (χ1n) is 6.53. The average molecular weight is 250 g/mol. The van der Waals surface area contributed by atoms with Gasteiger partial charge in [-0.15, -0.1) is 0 Å².